The maximum absolute atomic E-state index is 15.8. The number of morpholine rings is 1. The second-order valence-corrected chi connectivity index (χ2v) is 12.6. The van der Waals surface area contributed by atoms with E-state index < -0.39 is 17.2 Å². The third-order valence-corrected chi connectivity index (χ3v) is 8.51. The van der Waals surface area contributed by atoms with Crippen LogP contribution in [0.5, 0.6) is 0 Å². The number of benzene rings is 2. The number of amides is 2. The zero-order chi connectivity index (χ0) is 27.9. The fourth-order valence-electron chi connectivity index (χ4n) is 6.38. The van der Waals surface area contributed by atoms with Crippen molar-refractivity contribution in [3.63, 3.8) is 0 Å². The van der Waals surface area contributed by atoms with E-state index >= 15 is 4.39 Å². The van der Waals surface area contributed by atoms with E-state index in [2.05, 4.69) is 36.3 Å². The number of nitrogens with one attached hydrogen (secondary N) is 2. The van der Waals surface area contributed by atoms with Crippen LogP contribution in [0.15, 0.2) is 48.0 Å². The van der Waals surface area contributed by atoms with Crippen LogP contribution >= 0.6 is 23.2 Å². The Morgan fingerprint density at radius 1 is 1.21 bits per heavy atom. The molecule has 0 saturated carbocycles. The van der Waals surface area contributed by atoms with Crippen LogP contribution in [-0.4, -0.2) is 56.1 Å². The first-order valence-corrected chi connectivity index (χ1v) is 14.1. The minimum Gasteiger partial charge on any atom is -0.379 e. The van der Waals surface area contributed by atoms with Crippen molar-refractivity contribution in [2.75, 3.05) is 44.7 Å². The number of rotatable bonds is 6. The Morgan fingerprint density at radius 2 is 1.95 bits per heavy atom. The van der Waals surface area contributed by atoms with Gasteiger partial charge in [0.05, 0.1) is 23.7 Å². The highest BCUT2D eigenvalue weighted by Gasteiger charge is 2.62. The molecule has 2 aromatic carbocycles. The summed E-state index contributed by atoms with van der Waals surface area (Å²) in [5, 5.41) is 6.48. The first-order valence-electron chi connectivity index (χ1n) is 13.4. The van der Waals surface area contributed by atoms with Crippen LogP contribution < -0.4 is 10.6 Å². The van der Waals surface area contributed by atoms with Crippen molar-refractivity contribution >= 4 is 40.7 Å². The Balaban J connectivity index is 1.61. The van der Waals surface area contributed by atoms with Crippen LogP contribution in [-0.2, 0) is 19.7 Å². The number of halogens is 3. The number of carbonyl (C=O) groups excluding carboxylic acids is 2. The van der Waals surface area contributed by atoms with E-state index in [0.29, 0.717) is 54.6 Å². The third-order valence-electron chi connectivity index (χ3n) is 7.99. The molecule has 3 atom stereocenters. The van der Waals surface area contributed by atoms with E-state index in [9.17, 15) is 9.59 Å². The number of hydrogen-bond acceptors (Lipinski definition) is 4. The van der Waals surface area contributed by atoms with Crippen LogP contribution in [0.4, 0.5) is 10.1 Å². The van der Waals surface area contributed by atoms with Gasteiger partial charge in [0.25, 0.3) is 0 Å². The predicted molar refractivity (Wildman–Crippen MR) is 152 cm³/mol. The van der Waals surface area contributed by atoms with Crippen LogP contribution in [0.25, 0.3) is 0 Å². The lowest BCUT2D eigenvalue weighted by atomic mass is 9.61. The molecule has 1 spiro atoms. The van der Waals surface area contributed by atoms with Crippen molar-refractivity contribution in [1.82, 2.24) is 10.2 Å². The van der Waals surface area contributed by atoms with Crippen LogP contribution in [0, 0.1) is 17.2 Å². The standard InChI is InChI=1S/C30H34Cl2FN3O3/c1-29(2,3)17-18-15-21(27(37)34-9-10-36-11-13-39-14-12-36)25(20-5-4-6-23(32)26(20)33)30(18)22-8-7-19(31)16-24(22)35-28(30)38/h4-8,15-16,18,25H,9-14,17H2,1-3H3,(H,34,37)(H,35,38). The maximum atomic E-state index is 15.8. The molecule has 2 aliphatic heterocycles. The highest BCUT2D eigenvalue weighted by Crippen LogP contribution is 2.61. The summed E-state index contributed by atoms with van der Waals surface area (Å²) in [4.78, 5) is 30.2. The summed E-state index contributed by atoms with van der Waals surface area (Å²) >= 11 is 12.5. The van der Waals surface area contributed by atoms with Gasteiger partial charge in [-0.15, -0.1) is 0 Å². The molecule has 208 valence electrons. The second-order valence-electron chi connectivity index (χ2n) is 11.8. The fourth-order valence-corrected chi connectivity index (χ4v) is 6.74. The van der Waals surface area contributed by atoms with Gasteiger partial charge >= 0.3 is 0 Å². The lowest BCUT2D eigenvalue weighted by Crippen LogP contribution is -2.46. The van der Waals surface area contributed by atoms with Crippen LogP contribution in [0.1, 0.15) is 44.2 Å². The topological polar surface area (TPSA) is 70.7 Å². The molecule has 3 aliphatic rings. The Bertz CT molecular complexity index is 1320. The van der Waals surface area contributed by atoms with Crippen LogP contribution in [0.2, 0.25) is 10.0 Å². The van der Waals surface area contributed by atoms with Gasteiger partial charge in [0.15, 0.2) is 0 Å². The van der Waals surface area contributed by atoms with Gasteiger partial charge in [0.1, 0.15) is 5.82 Å². The minimum atomic E-state index is -1.24. The Labute approximate surface area is 238 Å². The zero-order valence-electron chi connectivity index (χ0n) is 22.5. The highest BCUT2D eigenvalue weighted by atomic mass is 35.5. The quantitative estimate of drug-likeness (QED) is 0.475. The highest BCUT2D eigenvalue weighted by molar-refractivity contribution is 6.31. The van der Waals surface area contributed by atoms with Gasteiger partial charge in [0, 0.05) is 48.4 Å². The van der Waals surface area contributed by atoms with Gasteiger partial charge in [-0.3, -0.25) is 14.5 Å². The van der Waals surface area contributed by atoms with Gasteiger partial charge in [0.2, 0.25) is 11.8 Å². The Hall–Kier alpha value is -2.45. The molecule has 6 nitrogen and oxygen atoms in total. The summed E-state index contributed by atoms with van der Waals surface area (Å²) in [6.45, 7) is 10.4. The van der Waals surface area contributed by atoms with Gasteiger partial charge in [-0.2, -0.15) is 0 Å². The van der Waals surface area contributed by atoms with Crippen molar-refractivity contribution in [3.8, 4) is 0 Å². The average molecular weight is 575 g/mol. The summed E-state index contributed by atoms with van der Waals surface area (Å²) in [5.41, 5.74) is 0.486. The molecule has 5 rings (SSSR count). The lowest BCUT2D eigenvalue weighted by molar-refractivity contribution is -0.123. The SMILES string of the molecule is CC(C)(C)CC1C=C(C(=O)NCCN2CCOCC2)C(c2cccc(Cl)c2F)C12C(=O)Nc1cc(Cl)ccc12. The first kappa shape index (κ1) is 28.1. The van der Waals surface area contributed by atoms with E-state index in [0.717, 1.165) is 13.1 Å². The number of anilines is 1. The molecule has 2 amide bonds. The number of hydrogen-bond donors (Lipinski definition) is 2. The minimum absolute atomic E-state index is 0.0521. The monoisotopic (exact) mass is 573 g/mol. The van der Waals surface area contributed by atoms with E-state index in [1.165, 1.54) is 6.07 Å². The average Bonchev–Trinajstić information content (AvgIpc) is 3.35. The second kappa shape index (κ2) is 10.8. The smallest absolute Gasteiger partial charge is 0.247 e. The Kier molecular flexibility index (Phi) is 7.81. The normalized spacial score (nSPS) is 25.0. The van der Waals surface area contributed by atoms with Crippen molar-refractivity contribution < 1.29 is 18.7 Å². The summed E-state index contributed by atoms with van der Waals surface area (Å²) in [6, 6.07) is 10.0. The summed E-state index contributed by atoms with van der Waals surface area (Å²) < 4.78 is 21.2. The first-order chi connectivity index (χ1) is 18.5. The van der Waals surface area contributed by atoms with Crippen molar-refractivity contribution in [2.24, 2.45) is 11.3 Å². The van der Waals surface area contributed by atoms with Crippen LogP contribution in [0.3, 0.4) is 0 Å². The van der Waals surface area contributed by atoms with E-state index in [1.54, 1.807) is 24.3 Å². The summed E-state index contributed by atoms with van der Waals surface area (Å²) in [6.07, 6.45) is 2.50. The lowest BCUT2D eigenvalue weighted by Gasteiger charge is -2.39. The molecule has 3 unspecified atom stereocenters. The van der Waals surface area contributed by atoms with E-state index in [4.69, 9.17) is 27.9 Å². The molecular formula is C30H34Cl2FN3O3. The molecule has 1 saturated heterocycles. The molecular weight excluding hydrogens is 540 g/mol. The van der Waals surface area contributed by atoms with Crippen molar-refractivity contribution in [2.45, 2.75) is 38.5 Å². The molecule has 39 heavy (non-hydrogen) atoms. The van der Waals surface area contributed by atoms with Gasteiger partial charge < -0.3 is 15.4 Å². The molecule has 9 heteroatoms. The number of nitrogens with zero attached hydrogens (tertiary/aromatic N) is 1. The number of allylic oxidation sites excluding steroid dienone is 1. The van der Waals surface area contributed by atoms with Gasteiger partial charge in [-0.1, -0.05) is 68.2 Å². The van der Waals surface area contributed by atoms with E-state index in [-0.39, 0.29) is 33.7 Å². The number of carbonyl (C=O) groups is 2. The third kappa shape index (κ3) is 5.22. The molecule has 0 bridgehead atoms. The molecule has 1 aliphatic carbocycles. The van der Waals surface area contributed by atoms with Crippen molar-refractivity contribution in [1.29, 1.82) is 0 Å². The molecule has 0 radical (unpaired) electrons. The molecule has 2 aromatic rings. The maximum Gasteiger partial charge on any atom is 0.247 e. The predicted octanol–water partition coefficient (Wildman–Crippen LogP) is 5.55. The zero-order valence-corrected chi connectivity index (χ0v) is 24.0. The summed E-state index contributed by atoms with van der Waals surface area (Å²) in [7, 11) is 0. The van der Waals surface area contributed by atoms with Crippen molar-refractivity contribution in [3.05, 3.63) is 75.0 Å². The molecule has 0 aromatic heterocycles. The number of ether oxygens (including phenoxy) is 1. The molecule has 2 heterocycles. The van der Waals surface area contributed by atoms with E-state index in [1.807, 2.05) is 12.1 Å². The van der Waals surface area contributed by atoms with Gasteiger partial charge in [-0.05, 0) is 47.1 Å². The fraction of sp³-hybridized carbons (Fsp3) is 0.467. The Morgan fingerprint density at radius 3 is 2.67 bits per heavy atom. The molecule has 2 N–H and O–H groups in total. The number of fused-ring (bicyclic) bond motifs is 2. The summed E-state index contributed by atoms with van der Waals surface area (Å²) in [5.74, 6) is -2.45. The molecule has 1 fully saturated rings. The largest absolute Gasteiger partial charge is 0.379 e. The van der Waals surface area contributed by atoms with Gasteiger partial charge in [-0.25, -0.2) is 4.39 Å².